The Hall–Kier alpha value is -2.63. The largest absolute Gasteiger partial charge is 0.455 e. The number of benzene rings is 1. The Morgan fingerprint density at radius 1 is 1.17 bits per heavy atom. The normalized spacial score (nSPS) is 10.9. The van der Waals surface area contributed by atoms with Crippen molar-refractivity contribution in [2.45, 2.75) is 0 Å². The second-order valence-electron chi connectivity index (χ2n) is 4.74. The van der Waals surface area contributed by atoms with Crippen LogP contribution in [0.25, 0.3) is 11.3 Å². The molecule has 3 aromatic rings. The summed E-state index contributed by atoms with van der Waals surface area (Å²) in [6.45, 7) is 0. The van der Waals surface area contributed by atoms with Gasteiger partial charge < -0.3 is 4.42 Å². The minimum absolute atomic E-state index is 0.280. The lowest BCUT2D eigenvalue weighted by atomic mass is 10.2. The fourth-order valence-electron chi connectivity index (χ4n) is 1.97. The van der Waals surface area contributed by atoms with Gasteiger partial charge in [0.1, 0.15) is 17.2 Å². The first-order chi connectivity index (χ1) is 11.6. The molecule has 0 spiro atoms. The number of halogens is 2. The number of nitrogens with zero attached hydrogens (tertiary/aromatic N) is 2. The lowest BCUT2D eigenvalue weighted by molar-refractivity contribution is 0.0950. The van der Waals surface area contributed by atoms with E-state index in [2.05, 4.69) is 15.5 Å². The van der Waals surface area contributed by atoms with Gasteiger partial charge in [-0.2, -0.15) is 5.10 Å². The number of rotatable bonds is 4. The second-order valence-corrected chi connectivity index (χ2v) is 5.58. The molecule has 0 saturated carbocycles. The molecule has 24 heavy (non-hydrogen) atoms. The van der Waals surface area contributed by atoms with Crippen LogP contribution in [0.2, 0.25) is 10.0 Å². The number of amides is 1. The standard InChI is InChI=1S/C17H11Cl2N3O2/c18-11-4-6-13(14(19)9-11)16-7-5-12(24-16)10-21-22-17(23)15-3-1-2-8-20-15/h1-10H,(H,22,23)/b21-10-. The molecule has 120 valence electrons. The maximum Gasteiger partial charge on any atom is 0.289 e. The highest BCUT2D eigenvalue weighted by Gasteiger charge is 2.09. The van der Waals surface area contributed by atoms with Gasteiger partial charge in [-0.3, -0.25) is 9.78 Å². The molecule has 1 N–H and O–H groups in total. The number of hydrogen-bond donors (Lipinski definition) is 1. The van der Waals surface area contributed by atoms with Crippen LogP contribution in [0.1, 0.15) is 16.2 Å². The van der Waals surface area contributed by atoms with Crippen molar-refractivity contribution in [3.8, 4) is 11.3 Å². The molecular weight excluding hydrogens is 349 g/mol. The van der Waals surface area contributed by atoms with Crippen molar-refractivity contribution in [3.63, 3.8) is 0 Å². The van der Waals surface area contributed by atoms with Crippen LogP contribution < -0.4 is 5.43 Å². The van der Waals surface area contributed by atoms with Crippen LogP contribution in [0.5, 0.6) is 0 Å². The summed E-state index contributed by atoms with van der Waals surface area (Å²) in [4.78, 5) is 15.7. The Labute approximate surface area is 147 Å². The Balaban J connectivity index is 1.69. The molecule has 0 aliphatic rings. The summed E-state index contributed by atoms with van der Waals surface area (Å²) < 4.78 is 5.63. The van der Waals surface area contributed by atoms with E-state index in [1.165, 1.54) is 12.4 Å². The third kappa shape index (κ3) is 3.82. The molecule has 1 amide bonds. The van der Waals surface area contributed by atoms with E-state index in [1.54, 1.807) is 48.5 Å². The fourth-order valence-corrected chi connectivity index (χ4v) is 2.47. The van der Waals surface area contributed by atoms with Gasteiger partial charge in [0, 0.05) is 16.8 Å². The lowest BCUT2D eigenvalue weighted by Crippen LogP contribution is -2.18. The van der Waals surface area contributed by atoms with E-state index in [4.69, 9.17) is 27.6 Å². The third-order valence-corrected chi connectivity index (χ3v) is 3.63. The van der Waals surface area contributed by atoms with Crippen LogP contribution in [0.4, 0.5) is 0 Å². The lowest BCUT2D eigenvalue weighted by Gasteiger charge is -2.00. The van der Waals surface area contributed by atoms with Gasteiger partial charge >= 0.3 is 0 Å². The van der Waals surface area contributed by atoms with E-state index in [1.807, 2.05) is 0 Å². The van der Waals surface area contributed by atoms with Gasteiger partial charge in [0.2, 0.25) is 0 Å². The summed E-state index contributed by atoms with van der Waals surface area (Å²) in [5, 5.41) is 4.89. The van der Waals surface area contributed by atoms with E-state index >= 15 is 0 Å². The van der Waals surface area contributed by atoms with Gasteiger partial charge in [-0.1, -0.05) is 29.3 Å². The zero-order valence-electron chi connectivity index (χ0n) is 12.2. The van der Waals surface area contributed by atoms with Gasteiger partial charge in [-0.15, -0.1) is 0 Å². The van der Waals surface area contributed by atoms with Crippen molar-refractivity contribution < 1.29 is 9.21 Å². The number of aromatic nitrogens is 1. The predicted octanol–water partition coefficient (Wildman–Crippen LogP) is 4.41. The zero-order chi connectivity index (χ0) is 16.9. The third-order valence-electron chi connectivity index (χ3n) is 3.08. The highest BCUT2D eigenvalue weighted by molar-refractivity contribution is 6.36. The van der Waals surface area contributed by atoms with Crippen molar-refractivity contribution in [1.29, 1.82) is 0 Å². The monoisotopic (exact) mass is 359 g/mol. The van der Waals surface area contributed by atoms with Crippen molar-refractivity contribution in [3.05, 3.63) is 76.2 Å². The quantitative estimate of drug-likeness (QED) is 0.554. The number of carbonyl (C=O) groups excluding carboxylic acids is 1. The first-order valence-electron chi connectivity index (χ1n) is 6.93. The highest BCUT2D eigenvalue weighted by Crippen LogP contribution is 2.31. The van der Waals surface area contributed by atoms with E-state index in [9.17, 15) is 4.79 Å². The van der Waals surface area contributed by atoms with E-state index < -0.39 is 5.91 Å². The van der Waals surface area contributed by atoms with Crippen LogP contribution in [-0.2, 0) is 0 Å². The molecular formula is C17H11Cl2N3O2. The maximum absolute atomic E-state index is 11.8. The first-order valence-corrected chi connectivity index (χ1v) is 7.69. The van der Waals surface area contributed by atoms with E-state index in [-0.39, 0.29) is 5.69 Å². The number of hydrogen-bond acceptors (Lipinski definition) is 4. The number of pyridine rings is 1. The summed E-state index contributed by atoms with van der Waals surface area (Å²) >= 11 is 12.0. The number of nitrogens with one attached hydrogen (secondary N) is 1. The van der Waals surface area contributed by atoms with Crippen LogP contribution in [0, 0.1) is 0 Å². The summed E-state index contributed by atoms with van der Waals surface area (Å²) in [6.07, 6.45) is 2.93. The fraction of sp³-hybridized carbons (Fsp3) is 0. The molecule has 0 aliphatic carbocycles. The molecule has 2 aromatic heterocycles. The van der Waals surface area contributed by atoms with Crippen molar-refractivity contribution in [2.24, 2.45) is 5.10 Å². The zero-order valence-corrected chi connectivity index (χ0v) is 13.8. The van der Waals surface area contributed by atoms with Gasteiger partial charge in [-0.25, -0.2) is 5.43 Å². The average Bonchev–Trinajstić information content (AvgIpc) is 3.04. The van der Waals surface area contributed by atoms with E-state index in [0.29, 0.717) is 21.6 Å². The van der Waals surface area contributed by atoms with Crippen LogP contribution >= 0.6 is 23.2 Å². The van der Waals surface area contributed by atoms with Crippen molar-refractivity contribution in [1.82, 2.24) is 10.4 Å². The van der Waals surface area contributed by atoms with Gasteiger partial charge in [0.15, 0.2) is 0 Å². The Kier molecular flexibility index (Phi) is 4.93. The number of hydrazone groups is 1. The smallest absolute Gasteiger partial charge is 0.289 e. The molecule has 0 saturated heterocycles. The molecule has 0 fully saturated rings. The first kappa shape index (κ1) is 16.2. The molecule has 7 heteroatoms. The second kappa shape index (κ2) is 7.29. The van der Waals surface area contributed by atoms with Crippen molar-refractivity contribution in [2.75, 3.05) is 0 Å². The molecule has 0 atom stereocenters. The minimum atomic E-state index is -0.403. The molecule has 3 rings (SSSR count). The van der Waals surface area contributed by atoms with Crippen molar-refractivity contribution >= 4 is 35.3 Å². The number of furan rings is 1. The van der Waals surface area contributed by atoms with Crippen LogP contribution in [0.3, 0.4) is 0 Å². The Morgan fingerprint density at radius 3 is 2.79 bits per heavy atom. The maximum atomic E-state index is 11.8. The Morgan fingerprint density at radius 2 is 2.04 bits per heavy atom. The topological polar surface area (TPSA) is 67.5 Å². The van der Waals surface area contributed by atoms with Crippen LogP contribution in [-0.4, -0.2) is 17.1 Å². The summed E-state index contributed by atoms with van der Waals surface area (Å²) in [7, 11) is 0. The molecule has 5 nitrogen and oxygen atoms in total. The molecule has 0 aliphatic heterocycles. The molecule has 0 radical (unpaired) electrons. The predicted molar refractivity (Wildman–Crippen MR) is 93.5 cm³/mol. The van der Waals surface area contributed by atoms with Gasteiger partial charge in [-0.05, 0) is 42.5 Å². The SMILES string of the molecule is O=C(N/N=C\c1ccc(-c2ccc(Cl)cc2Cl)o1)c1ccccn1. The Bertz CT molecular complexity index is 892. The molecule has 2 heterocycles. The number of carbonyl (C=O) groups is 1. The van der Waals surface area contributed by atoms with Gasteiger partial charge in [0.05, 0.1) is 11.2 Å². The molecule has 0 unspecified atom stereocenters. The summed E-state index contributed by atoms with van der Waals surface area (Å²) in [5.41, 5.74) is 3.38. The minimum Gasteiger partial charge on any atom is -0.455 e. The molecule has 0 bridgehead atoms. The average molecular weight is 360 g/mol. The molecule has 1 aromatic carbocycles. The summed E-state index contributed by atoms with van der Waals surface area (Å²) in [5.74, 6) is 0.644. The summed E-state index contributed by atoms with van der Waals surface area (Å²) in [6, 6.07) is 13.7. The highest BCUT2D eigenvalue weighted by atomic mass is 35.5. The van der Waals surface area contributed by atoms with Crippen LogP contribution in [0.15, 0.2) is 64.2 Å². The van der Waals surface area contributed by atoms with Gasteiger partial charge in [0.25, 0.3) is 5.91 Å². The van der Waals surface area contributed by atoms with E-state index in [0.717, 1.165) is 5.56 Å².